The van der Waals surface area contributed by atoms with E-state index in [1.807, 2.05) is 43.3 Å². The van der Waals surface area contributed by atoms with Gasteiger partial charge in [-0.3, -0.25) is 4.79 Å². The predicted octanol–water partition coefficient (Wildman–Crippen LogP) is 5.71. The van der Waals surface area contributed by atoms with Crippen molar-refractivity contribution in [2.24, 2.45) is 0 Å². The van der Waals surface area contributed by atoms with Crippen molar-refractivity contribution in [2.45, 2.75) is 31.6 Å². The van der Waals surface area contributed by atoms with Gasteiger partial charge in [0.15, 0.2) is 5.78 Å². The summed E-state index contributed by atoms with van der Waals surface area (Å²) in [7, 11) is 1.65. The van der Waals surface area contributed by atoms with E-state index in [-0.39, 0.29) is 17.6 Å². The fourth-order valence-electron chi connectivity index (χ4n) is 4.57. The minimum atomic E-state index is -0.167. The van der Waals surface area contributed by atoms with E-state index in [1.54, 1.807) is 7.11 Å². The van der Waals surface area contributed by atoms with Gasteiger partial charge in [-0.1, -0.05) is 45.4 Å². The van der Waals surface area contributed by atoms with Crippen LogP contribution in [-0.2, 0) is 4.79 Å². The molecular weight excluding hydrogens is 444 g/mol. The van der Waals surface area contributed by atoms with Gasteiger partial charge in [0, 0.05) is 28.1 Å². The lowest BCUT2D eigenvalue weighted by Gasteiger charge is -2.34. The van der Waals surface area contributed by atoms with E-state index in [0.717, 1.165) is 50.3 Å². The van der Waals surface area contributed by atoms with Crippen LogP contribution in [0.5, 0.6) is 5.75 Å². The molecule has 0 saturated heterocycles. The van der Waals surface area contributed by atoms with E-state index in [4.69, 9.17) is 9.26 Å². The fraction of sp³-hybridized carbons (Fsp3) is 0.250. The van der Waals surface area contributed by atoms with Crippen LogP contribution in [0.25, 0.3) is 0 Å². The first-order chi connectivity index (χ1) is 14.5. The summed E-state index contributed by atoms with van der Waals surface area (Å²) >= 11 is 3.50. The number of ketones is 1. The molecule has 2 aromatic carbocycles. The molecule has 30 heavy (non-hydrogen) atoms. The second-order valence-corrected chi connectivity index (χ2v) is 8.73. The number of carbonyl (C=O) groups excluding carboxylic acids is 1. The largest absolute Gasteiger partial charge is 0.497 e. The van der Waals surface area contributed by atoms with Crippen molar-refractivity contribution in [3.05, 3.63) is 86.7 Å². The molecule has 152 valence electrons. The van der Waals surface area contributed by atoms with Crippen molar-refractivity contribution in [2.75, 3.05) is 12.4 Å². The summed E-state index contributed by atoms with van der Waals surface area (Å²) in [5, 5.41) is 7.55. The van der Waals surface area contributed by atoms with E-state index in [1.165, 1.54) is 0 Å². The van der Waals surface area contributed by atoms with E-state index in [0.29, 0.717) is 12.3 Å². The topological polar surface area (TPSA) is 64.4 Å². The van der Waals surface area contributed by atoms with E-state index in [2.05, 4.69) is 38.5 Å². The highest BCUT2D eigenvalue weighted by molar-refractivity contribution is 9.10. The highest BCUT2D eigenvalue weighted by Crippen LogP contribution is 2.49. The molecule has 0 amide bonds. The summed E-state index contributed by atoms with van der Waals surface area (Å²) in [6, 6.07) is 16.1. The summed E-state index contributed by atoms with van der Waals surface area (Å²) in [5.41, 5.74) is 5.73. The Labute approximate surface area is 183 Å². The zero-order chi connectivity index (χ0) is 20.8. The zero-order valence-electron chi connectivity index (χ0n) is 16.7. The van der Waals surface area contributed by atoms with Crippen molar-refractivity contribution in [1.29, 1.82) is 0 Å². The molecule has 2 heterocycles. The van der Waals surface area contributed by atoms with Crippen LogP contribution < -0.4 is 10.1 Å². The van der Waals surface area contributed by atoms with Crippen molar-refractivity contribution in [3.8, 4) is 5.75 Å². The Morgan fingerprint density at radius 1 is 1.07 bits per heavy atom. The number of methoxy groups -OCH3 is 1. The molecule has 5 nitrogen and oxygen atoms in total. The third kappa shape index (κ3) is 3.16. The second-order valence-electron chi connectivity index (χ2n) is 7.81. The first-order valence-electron chi connectivity index (χ1n) is 9.94. The smallest absolute Gasteiger partial charge is 0.233 e. The van der Waals surface area contributed by atoms with Crippen molar-refractivity contribution in [1.82, 2.24) is 5.16 Å². The number of halogens is 1. The lowest BCUT2D eigenvalue weighted by atomic mass is 9.72. The van der Waals surface area contributed by atoms with Crippen LogP contribution in [0.1, 0.15) is 47.1 Å². The van der Waals surface area contributed by atoms with Crippen LogP contribution in [-0.4, -0.2) is 18.0 Å². The van der Waals surface area contributed by atoms with Crippen LogP contribution in [0.2, 0.25) is 0 Å². The number of fused-ring (bicyclic) bond motifs is 1. The number of benzene rings is 2. The normalized spacial score (nSPS) is 20.4. The number of hydrogen-bond acceptors (Lipinski definition) is 5. The van der Waals surface area contributed by atoms with Crippen LogP contribution in [0.4, 0.5) is 5.88 Å². The van der Waals surface area contributed by atoms with Crippen molar-refractivity contribution in [3.63, 3.8) is 0 Å². The molecule has 3 aromatic rings. The summed E-state index contributed by atoms with van der Waals surface area (Å²) in [6.45, 7) is 1.93. The number of aromatic nitrogens is 1. The molecule has 6 heteroatoms. The number of anilines is 1. The monoisotopic (exact) mass is 464 g/mol. The Balaban J connectivity index is 1.58. The first-order valence-corrected chi connectivity index (χ1v) is 10.7. The van der Waals surface area contributed by atoms with Gasteiger partial charge in [-0.2, -0.15) is 0 Å². The molecule has 0 spiro atoms. The Bertz CT molecular complexity index is 1150. The molecule has 2 aliphatic rings. The highest BCUT2D eigenvalue weighted by atomic mass is 79.9. The van der Waals surface area contributed by atoms with E-state index >= 15 is 0 Å². The third-order valence-corrected chi connectivity index (χ3v) is 6.58. The van der Waals surface area contributed by atoms with Gasteiger partial charge in [-0.25, -0.2) is 0 Å². The summed E-state index contributed by atoms with van der Waals surface area (Å²) in [5.74, 6) is 1.57. The molecule has 0 saturated carbocycles. The van der Waals surface area contributed by atoms with Gasteiger partial charge in [-0.05, 0) is 54.7 Å². The molecule has 5 rings (SSSR count). The molecule has 0 unspecified atom stereocenters. The number of hydrogen-bond donors (Lipinski definition) is 1. The van der Waals surface area contributed by atoms with Gasteiger partial charge in [0.05, 0.1) is 18.4 Å². The Kier molecular flexibility index (Phi) is 4.74. The maximum atomic E-state index is 13.4. The molecule has 0 radical (unpaired) electrons. The molecule has 1 N–H and O–H groups in total. The van der Waals surface area contributed by atoms with Crippen LogP contribution in [0.15, 0.2) is 68.8 Å². The fourth-order valence-corrected chi connectivity index (χ4v) is 4.84. The maximum absolute atomic E-state index is 13.4. The SMILES string of the molecule is COc1ccc([C@@H]2CC(=O)C3=C(C2)Nc2onc(C)c2[C@H]3c2ccc(Br)cc2)cc1. The number of rotatable bonds is 3. The molecule has 0 fully saturated rings. The molecule has 1 aliphatic carbocycles. The highest BCUT2D eigenvalue weighted by Gasteiger charge is 2.41. The number of carbonyl (C=O) groups is 1. The van der Waals surface area contributed by atoms with Gasteiger partial charge in [0.1, 0.15) is 5.75 Å². The van der Waals surface area contributed by atoms with Crippen LogP contribution in [0, 0.1) is 6.92 Å². The quantitative estimate of drug-likeness (QED) is 0.537. The Morgan fingerprint density at radius 2 is 1.77 bits per heavy atom. The predicted molar refractivity (Wildman–Crippen MR) is 118 cm³/mol. The first kappa shape index (κ1) is 19.1. The molecule has 1 aromatic heterocycles. The Morgan fingerprint density at radius 3 is 2.47 bits per heavy atom. The number of nitrogens with one attached hydrogen (secondary N) is 1. The van der Waals surface area contributed by atoms with Gasteiger partial charge >= 0.3 is 0 Å². The lowest BCUT2D eigenvalue weighted by molar-refractivity contribution is -0.116. The summed E-state index contributed by atoms with van der Waals surface area (Å²) < 4.78 is 11.9. The summed E-state index contributed by atoms with van der Waals surface area (Å²) in [4.78, 5) is 13.4. The van der Waals surface area contributed by atoms with E-state index < -0.39 is 0 Å². The minimum absolute atomic E-state index is 0.116. The van der Waals surface area contributed by atoms with Gasteiger partial charge in [0.25, 0.3) is 0 Å². The van der Waals surface area contributed by atoms with Gasteiger partial charge in [0.2, 0.25) is 5.88 Å². The molecular formula is C24H21BrN2O3. The minimum Gasteiger partial charge on any atom is -0.497 e. The Hall–Kier alpha value is -2.86. The van der Waals surface area contributed by atoms with Gasteiger partial charge in [-0.15, -0.1) is 0 Å². The van der Waals surface area contributed by atoms with Crippen molar-refractivity contribution < 1.29 is 14.1 Å². The average molecular weight is 465 g/mol. The number of Topliss-reactive ketones (excluding diaryl/α,β-unsaturated/α-hetero) is 1. The number of aryl methyl sites for hydroxylation is 1. The average Bonchev–Trinajstić information content (AvgIpc) is 3.13. The summed E-state index contributed by atoms with van der Waals surface area (Å²) in [6.07, 6.45) is 1.24. The van der Waals surface area contributed by atoms with Crippen LogP contribution in [0.3, 0.4) is 0 Å². The zero-order valence-corrected chi connectivity index (χ0v) is 18.3. The maximum Gasteiger partial charge on any atom is 0.233 e. The van der Waals surface area contributed by atoms with Crippen LogP contribution >= 0.6 is 15.9 Å². The molecule has 1 aliphatic heterocycles. The standard InChI is InChI=1S/C24H21BrN2O3/c1-13-21-22(15-3-7-17(25)8-4-15)23-19(26-24(21)30-27-13)11-16(12-20(23)28)14-5-9-18(29-2)10-6-14/h3-10,16,22,26H,11-12H2,1-2H3/t16-,22+/m0/s1. The second kappa shape index (κ2) is 7.43. The van der Waals surface area contributed by atoms with E-state index in [9.17, 15) is 4.79 Å². The molecule has 2 atom stereocenters. The number of nitrogens with zero attached hydrogens (tertiary/aromatic N) is 1. The molecule has 0 bridgehead atoms. The number of ether oxygens (including phenoxy) is 1. The lowest BCUT2D eigenvalue weighted by Crippen LogP contribution is -2.29. The van der Waals surface area contributed by atoms with Crippen molar-refractivity contribution >= 4 is 27.6 Å². The third-order valence-electron chi connectivity index (χ3n) is 6.05. The number of allylic oxidation sites excluding steroid dienone is 2. The van der Waals surface area contributed by atoms with Gasteiger partial charge < -0.3 is 14.6 Å².